The summed E-state index contributed by atoms with van der Waals surface area (Å²) in [6.45, 7) is 4.46. The second-order valence-corrected chi connectivity index (χ2v) is 4.60. The van der Waals surface area contributed by atoms with Gasteiger partial charge in [0.25, 0.3) is 0 Å². The standard InChI is InChI=1S/C12H14N4/c13-3-9-1-2-12(15-4-9)16-7-10-5-14-6-11(10)8-16/h1-2,4,10-11,14H,5-8H2/t10-,11+. The fraction of sp³-hybridized carbons (Fsp3) is 0.500. The van der Waals surface area contributed by atoms with Crippen LogP contribution in [0, 0.1) is 23.2 Å². The first kappa shape index (κ1) is 9.61. The fourth-order valence-corrected chi connectivity index (χ4v) is 2.68. The Balaban J connectivity index is 1.76. The first-order valence-electron chi connectivity index (χ1n) is 5.68. The molecule has 2 aliphatic heterocycles. The molecule has 0 amide bonds. The van der Waals surface area contributed by atoms with Gasteiger partial charge < -0.3 is 10.2 Å². The van der Waals surface area contributed by atoms with E-state index in [2.05, 4.69) is 21.3 Å². The molecule has 4 heteroatoms. The quantitative estimate of drug-likeness (QED) is 0.744. The highest BCUT2D eigenvalue weighted by Crippen LogP contribution is 2.29. The van der Waals surface area contributed by atoms with Crippen molar-refractivity contribution in [2.75, 3.05) is 31.1 Å². The number of pyridine rings is 1. The number of aromatic nitrogens is 1. The number of nitrogens with zero attached hydrogens (tertiary/aromatic N) is 3. The summed E-state index contributed by atoms with van der Waals surface area (Å²) in [5.41, 5.74) is 0.629. The van der Waals surface area contributed by atoms with E-state index in [1.54, 1.807) is 6.20 Å². The van der Waals surface area contributed by atoms with Crippen LogP contribution in [-0.2, 0) is 0 Å². The average Bonchev–Trinajstić information content (AvgIpc) is 2.89. The Morgan fingerprint density at radius 1 is 1.31 bits per heavy atom. The van der Waals surface area contributed by atoms with E-state index in [9.17, 15) is 0 Å². The maximum atomic E-state index is 8.71. The van der Waals surface area contributed by atoms with Gasteiger partial charge in [-0.05, 0) is 24.0 Å². The topological polar surface area (TPSA) is 52.0 Å². The van der Waals surface area contributed by atoms with Crippen LogP contribution < -0.4 is 10.2 Å². The van der Waals surface area contributed by atoms with Crippen LogP contribution >= 0.6 is 0 Å². The predicted octanol–water partition coefficient (Wildman–Crippen LogP) is 0.609. The molecule has 0 radical (unpaired) electrons. The van der Waals surface area contributed by atoms with Gasteiger partial charge >= 0.3 is 0 Å². The molecule has 3 rings (SSSR count). The summed E-state index contributed by atoms with van der Waals surface area (Å²) in [7, 11) is 0. The Labute approximate surface area is 94.9 Å². The van der Waals surface area contributed by atoms with Gasteiger partial charge in [0.15, 0.2) is 0 Å². The summed E-state index contributed by atoms with van der Waals surface area (Å²) in [5, 5.41) is 12.1. The van der Waals surface area contributed by atoms with Gasteiger partial charge in [-0.3, -0.25) is 0 Å². The summed E-state index contributed by atoms with van der Waals surface area (Å²) >= 11 is 0. The Kier molecular flexibility index (Phi) is 2.26. The monoisotopic (exact) mass is 214 g/mol. The van der Waals surface area contributed by atoms with Gasteiger partial charge in [0.1, 0.15) is 11.9 Å². The lowest BCUT2D eigenvalue weighted by Gasteiger charge is -2.18. The zero-order valence-electron chi connectivity index (χ0n) is 9.06. The Morgan fingerprint density at radius 2 is 2.06 bits per heavy atom. The molecule has 0 aliphatic carbocycles. The number of rotatable bonds is 1. The molecule has 82 valence electrons. The Morgan fingerprint density at radius 3 is 2.62 bits per heavy atom. The summed E-state index contributed by atoms with van der Waals surface area (Å²) in [4.78, 5) is 6.67. The fourth-order valence-electron chi connectivity index (χ4n) is 2.68. The van der Waals surface area contributed by atoms with E-state index in [1.165, 1.54) is 0 Å². The van der Waals surface area contributed by atoms with Crippen LogP contribution in [-0.4, -0.2) is 31.2 Å². The smallest absolute Gasteiger partial charge is 0.128 e. The van der Waals surface area contributed by atoms with Crippen molar-refractivity contribution < 1.29 is 0 Å². The summed E-state index contributed by atoms with van der Waals surface area (Å²) in [6, 6.07) is 5.89. The number of nitrogens with one attached hydrogen (secondary N) is 1. The maximum Gasteiger partial charge on any atom is 0.128 e. The second kappa shape index (κ2) is 3.76. The molecule has 1 aromatic rings. The van der Waals surface area contributed by atoms with Crippen molar-refractivity contribution in [3.63, 3.8) is 0 Å². The number of hydrogen-bond donors (Lipinski definition) is 1. The largest absolute Gasteiger partial charge is 0.356 e. The van der Waals surface area contributed by atoms with Crippen molar-refractivity contribution in [3.8, 4) is 6.07 Å². The van der Waals surface area contributed by atoms with E-state index in [4.69, 9.17) is 5.26 Å². The number of nitriles is 1. The van der Waals surface area contributed by atoms with Crippen LogP contribution in [0.2, 0.25) is 0 Å². The minimum Gasteiger partial charge on any atom is -0.356 e. The zero-order chi connectivity index (χ0) is 11.0. The van der Waals surface area contributed by atoms with Crippen LogP contribution in [0.5, 0.6) is 0 Å². The predicted molar refractivity (Wildman–Crippen MR) is 61.0 cm³/mol. The molecule has 2 aliphatic rings. The van der Waals surface area contributed by atoms with Crippen LogP contribution in [0.15, 0.2) is 18.3 Å². The van der Waals surface area contributed by atoms with Crippen molar-refractivity contribution in [2.24, 2.45) is 11.8 Å². The van der Waals surface area contributed by atoms with Gasteiger partial charge in [-0.15, -0.1) is 0 Å². The van der Waals surface area contributed by atoms with Gasteiger partial charge in [0, 0.05) is 32.4 Å². The molecule has 16 heavy (non-hydrogen) atoms. The third kappa shape index (κ3) is 1.54. The molecule has 2 saturated heterocycles. The van der Waals surface area contributed by atoms with Crippen LogP contribution in [0.25, 0.3) is 0 Å². The summed E-state index contributed by atoms with van der Waals surface area (Å²) < 4.78 is 0. The lowest BCUT2D eigenvalue weighted by Crippen LogP contribution is -2.26. The molecule has 0 saturated carbocycles. The molecule has 2 fully saturated rings. The van der Waals surface area contributed by atoms with Gasteiger partial charge in [-0.2, -0.15) is 5.26 Å². The van der Waals surface area contributed by atoms with Crippen molar-refractivity contribution in [3.05, 3.63) is 23.9 Å². The molecule has 3 heterocycles. The van der Waals surface area contributed by atoms with Gasteiger partial charge in [-0.1, -0.05) is 0 Å². The summed E-state index contributed by atoms with van der Waals surface area (Å²) in [5.74, 6) is 2.56. The second-order valence-electron chi connectivity index (χ2n) is 4.60. The lowest BCUT2D eigenvalue weighted by molar-refractivity contribution is 0.533. The van der Waals surface area contributed by atoms with Crippen LogP contribution in [0.3, 0.4) is 0 Å². The molecule has 0 spiro atoms. The summed E-state index contributed by atoms with van der Waals surface area (Å²) in [6.07, 6.45) is 1.65. The SMILES string of the molecule is N#Cc1ccc(N2C[C@H]3CNC[C@H]3C2)nc1. The highest BCUT2D eigenvalue weighted by Gasteiger charge is 2.36. The molecular weight excluding hydrogens is 200 g/mol. The highest BCUT2D eigenvalue weighted by atomic mass is 15.2. The van der Waals surface area contributed by atoms with E-state index < -0.39 is 0 Å². The molecule has 0 unspecified atom stereocenters. The van der Waals surface area contributed by atoms with E-state index in [0.29, 0.717) is 5.56 Å². The molecule has 1 N–H and O–H groups in total. The van der Waals surface area contributed by atoms with E-state index >= 15 is 0 Å². The molecular formula is C12H14N4. The van der Waals surface area contributed by atoms with Crippen molar-refractivity contribution in [2.45, 2.75) is 0 Å². The molecule has 0 aromatic carbocycles. The molecule has 1 aromatic heterocycles. The maximum absolute atomic E-state index is 8.71. The van der Waals surface area contributed by atoms with Crippen molar-refractivity contribution >= 4 is 5.82 Å². The lowest BCUT2D eigenvalue weighted by atomic mass is 10.0. The molecule has 2 atom stereocenters. The normalized spacial score (nSPS) is 27.8. The molecule has 0 bridgehead atoms. The Bertz CT molecular complexity index is 408. The first-order valence-corrected chi connectivity index (χ1v) is 5.68. The van der Waals surface area contributed by atoms with Gasteiger partial charge in [0.05, 0.1) is 5.56 Å². The van der Waals surface area contributed by atoms with Crippen molar-refractivity contribution in [1.29, 1.82) is 5.26 Å². The van der Waals surface area contributed by atoms with Crippen molar-refractivity contribution in [1.82, 2.24) is 10.3 Å². The number of anilines is 1. The van der Waals surface area contributed by atoms with Gasteiger partial charge in [0.2, 0.25) is 0 Å². The number of fused-ring (bicyclic) bond motifs is 1. The minimum absolute atomic E-state index is 0.629. The third-order valence-corrected chi connectivity index (χ3v) is 3.59. The average molecular weight is 214 g/mol. The highest BCUT2D eigenvalue weighted by molar-refractivity contribution is 5.43. The first-order chi connectivity index (χ1) is 7.86. The van der Waals surface area contributed by atoms with E-state index in [0.717, 1.165) is 43.8 Å². The minimum atomic E-state index is 0.629. The van der Waals surface area contributed by atoms with E-state index in [1.807, 2.05) is 12.1 Å². The van der Waals surface area contributed by atoms with Gasteiger partial charge in [-0.25, -0.2) is 4.98 Å². The molecule has 4 nitrogen and oxygen atoms in total. The third-order valence-electron chi connectivity index (χ3n) is 3.59. The van der Waals surface area contributed by atoms with Crippen LogP contribution in [0.4, 0.5) is 5.82 Å². The Hall–Kier alpha value is -1.60. The van der Waals surface area contributed by atoms with Crippen LogP contribution in [0.1, 0.15) is 5.56 Å². The zero-order valence-corrected chi connectivity index (χ0v) is 9.06. The number of hydrogen-bond acceptors (Lipinski definition) is 4. The van der Waals surface area contributed by atoms with E-state index in [-0.39, 0.29) is 0 Å².